The predicted octanol–water partition coefficient (Wildman–Crippen LogP) is 4.50. The van der Waals surface area contributed by atoms with E-state index in [0.29, 0.717) is 6.04 Å². The molecule has 0 spiro atoms. The van der Waals surface area contributed by atoms with Gasteiger partial charge >= 0.3 is 0 Å². The summed E-state index contributed by atoms with van der Waals surface area (Å²) in [6.07, 6.45) is 3.38. The average Bonchev–Trinajstić information content (AvgIpc) is 2.70. The van der Waals surface area contributed by atoms with Crippen LogP contribution in [0.15, 0.2) is 48.5 Å². The minimum atomic E-state index is 0. The fraction of sp³-hybridized carbons (Fsp3) is 0.368. The maximum absolute atomic E-state index is 6.31. The van der Waals surface area contributed by atoms with Crippen LogP contribution in [0.3, 0.4) is 0 Å². The number of aryl methyl sites for hydroxylation is 1. The van der Waals surface area contributed by atoms with Crippen molar-refractivity contribution in [3.05, 3.63) is 59.7 Å². The van der Waals surface area contributed by atoms with E-state index in [4.69, 9.17) is 10.5 Å². The molecule has 2 aromatic rings. The fourth-order valence-electron chi connectivity index (χ4n) is 3.18. The molecule has 0 aromatic heterocycles. The van der Waals surface area contributed by atoms with Crippen molar-refractivity contribution in [3.63, 3.8) is 0 Å². The first-order valence-electron chi connectivity index (χ1n) is 7.90. The Bertz CT molecular complexity index is 632. The van der Waals surface area contributed by atoms with Gasteiger partial charge in [0.25, 0.3) is 0 Å². The SMILES string of the molecule is CN(C)[C@H]1CCc2ccccc2[C@@H](Oc2ccc(N)cc2)C1.Cl.Cl. The molecule has 0 bridgehead atoms. The van der Waals surface area contributed by atoms with E-state index in [0.717, 1.165) is 24.3 Å². The van der Waals surface area contributed by atoms with Crippen molar-refractivity contribution in [2.45, 2.75) is 31.4 Å². The first-order chi connectivity index (χ1) is 10.6. The Morgan fingerprint density at radius 1 is 1.00 bits per heavy atom. The summed E-state index contributed by atoms with van der Waals surface area (Å²) in [6.45, 7) is 0. The molecule has 24 heavy (non-hydrogen) atoms. The number of hydrogen-bond donors (Lipinski definition) is 1. The normalized spacial score (nSPS) is 19.5. The van der Waals surface area contributed by atoms with Crippen LogP contribution in [0.5, 0.6) is 5.75 Å². The van der Waals surface area contributed by atoms with E-state index in [2.05, 4.69) is 43.3 Å². The molecule has 0 radical (unpaired) electrons. The molecule has 0 saturated carbocycles. The van der Waals surface area contributed by atoms with E-state index in [1.54, 1.807) is 0 Å². The maximum Gasteiger partial charge on any atom is 0.125 e. The highest BCUT2D eigenvalue weighted by Crippen LogP contribution is 2.34. The first-order valence-corrected chi connectivity index (χ1v) is 7.90. The van der Waals surface area contributed by atoms with Crippen LogP contribution in [-0.2, 0) is 6.42 Å². The Hall–Kier alpha value is -1.42. The average molecular weight is 369 g/mol. The monoisotopic (exact) mass is 368 g/mol. The van der Waals surface area contributed by atoms with Crippen molar-refractivity contribution in [2.75, 3.05) is 19.8 Å². The third-order valence-electron chi connectivity index (χ3n) is 4.52. The quantitative estimate of drug-likeness (QED) is 0.640. The van der Waals surface area contributed by atoms with Crippen molar-refractivity contribution in [1.29, 1.82) is 0 Å². The van der Waals surface area contributed by atoms with Gasteiger partial charge in [0.05, 0.1) is 0 Å². The van der Waals surface area contributed by atoms with Crippen LogP contribution in [0.2, 0.25) is 0 Å². The number of nitrogen functional groups attached to an aromatic ring is 1. The van der Waals surface area contributed by atoms with Gasteiger partial charge in [0.15, 0.2) is 0 Å². The van der Waals surface area contributed by atoms with Gasteiger partial charge in [0, 0.05) is 18.2 Å². The van der Waals surface area contributed by atoms with Crippen LogP contribution in [0.4, 0.5) is 5.69 Å². The zero-order chi connectivity index (χ0) is 15.5. The Morgan fingerprint density at radius 2 is 1.67 bits per heavy atom. The largest absolute Gasteiger partial charge is 0.486 e. The molecule has 132 valence electrons. The van der Waals surface area contributed by atoms with E-state index < -0.39 is 0 Å². The van der Waals surface area contributed by atoms with E-state index in [1.165, 1.54) is 17.5 Å². The summed E-state index contributed by atoms with van der Waals surface area (Å²) in [5.41, 5.74) is 9.26. The maximum atomic E-state index is 6.31. The summed E-state index contributed by atoms with van der Waals surface area (Å²) in [5.74, 6) is 0.883. The molecule has 0 unspecified atom stereocenters. The number of nitrogens with two attached hydrogens (primary N) is 1. The molecule has 2 N–H and O–H groups in total. The minimum Gasteiger partial charge on any atom is -0.486 e. The minimum absolute atomic E-state index is 0. The van der Waals surface area contributed by atoms with E-state index >= 15 is 0 Å². The van der Waals surface area contributed by atoms with Crippen molar-refractivity contribution in [2.24, 2.45) is 0 Å². The summed E-state index contributed by atoms with van der Waals surface area (Å²) in [5, 5.41) is 0. The Balaban J connectivity index is 0.00000144. The molecule has 1 aliphatic rings. The van der Waals surface area contributed by atoms with Gasteiger partial charge in [-0.05, 0) is 62.3 Å². The van der Waals surface area contributed by atoms with Gasteiger partial charge in [-0.15, -0.1) is 24.8 Å². The van der Waals surface area contributed by atoms with Gasteiger partial charge in [-0.2, -0.15) is 0 Å². The summed E-state index contributed by atoms with van der Waals surface area (Å²) >= 11 is 0. The molecule has 1 aliphatic carbocycles. The summed E-state index contributed by atoms with van der Waals surface area (Å²) in [6, 6.07) is 16.9. The first kappa shape index (κ1) is 20.6. The highest BCUT2D eigenvalue weighted by atomic mass is 35.5. The standard InChI is InChI=1S/C19H24N2O.2ClH/c1-21(2)16-10-7-14-5-3-4-6-18(14)19(13-16)22-17-11-8-15(20)9-12-17;;/h3-6,8-9,11-12,16,19H,7,10,13,20H2,1-2H3;2*1H/t16-,19-;;/m0../s1. The molecule has 0 saturated heterocycles. The van der Waals surface area contributed by atoms with Gasteiger partial charge in [-0.25, -0.2) is 0 Å². The van der Waals surface area contributed by atoms with E-state index in [9.17, 15) is 0 Å². The van der Waals surface area contributed by atoms with E-state index in [1.807, 2.05) is 24.3 Å². The molecule has 0 heterocycles. The van der Waals surface area contributed by atoms with Crippen molar-refractivity contribution >= 4 is 30.5 Å². The predicted molar refractivity (Wildman–Crippen MR) is 106 cm³/mol. The molecule has 5 heteroatoms. The smallest absolute Gasteiger partial charge is 0.125 e. The van der Waals surface area contributed by atoms with Crippen LogP contribution >= 0.6 is 24.8 Å². The number of rotatable bonds is 3. The lowest BCUT2D eigenvalue weighted by Crippen LogP contribution is -2.30. The molecule has 3 nitrogen and oxygen atoms in total. The van der Waals surface area contributed by atoms with Crippen LogP contribution < -0.4 is 10.5 Å². The molecule has 0 fully saturated rings. The molecule has 3 rings (SSSR count). The molecule has 0 aliphatic heterocycles. The molecule has 2 aromatic carbocycles. The highest BCUT2D eigenvalue weighted by Gasteiger charge is 2.26. The van der Waals surface area contributed by atoms with Crippen LogP contribution in [0.25, 0.3) is 0 Å². The molecular formula is C19H26Cl2N2O. The number of benzene rings is 2. The second kappa shape index (κ2) is 9.16. The summed E-state index contributed by atoms with van der Waals surface area (Å²) in [4.78, 5) is 2.31. The van der Waals surface area contributed by atoms with Crippen LogP contribution in [-0.4, -0.2) is 25.0 Å². The second-order valence-electron chi connectivity index (χ2n) is 6.27. The molecular weight excluding hydrogens is 343 g/mol. The van der Waals surface area contributed by atoms with Gasteiger partial charge in [0.1, 0.15) is 11.9 Å². The van der Waals surface area contributed by atoms with Gasteiger partial charge < -0.3 is 15.4 Å². The summed E-state index contributed by atoms with van der Waals surface area (Å²) < 4.78 is 6.31. The lowest BCUT2D eigenvalue weighted by molar-refractivity contribution is 0.147. The second-order valence-corrected chi connectivity index (χ2v) is 6.27. The number of anilines is 1. The third-order valence-corrected chi connectivity index (χ3v) is 4.52. The summed E-state index contributed by atoms with van der Waals surface area (Å²) in [7, 11) is 4.31. The number of halogens is 2. The highest BCUT2D eigenvalue weighted by molar-refractivity contribution is 5.85. The lowest BCUT2D eigenvalue weighted by atomic mass is 10.0. The van der Waals surface area contributed by atoms with Crippen LogP contribution in [0.1, 0.15) is 30.1 Å². The van der Waals surface area contributed by atoms with E-state index in [-0.39, 0.29) is 30.9 Å². The van der Waals surface area contributed by atoms with Gasteiger partial charge in [-0.3, -0.25) is 0 Å². The van der Waals surface area contributed by atoms with Crippen molar-refractivity contribution in [1.82, 2.24) is 4.90 Å². The Kier molecular flexibility index (Phi) is 7.88. The molecule has 2 atom stereocenters. The Labute approximate surface area is 157 Å². The zero-order valence-electron chi connectivity index (χ0n) is 14.1. The number of hydrogen-bond acceptors (Lipinski definition) is 3. The van der Waals surface area contributed by atoms with Crippen molar-refractivity contribution < 1.29 is 4.74 Å². The topological polar surface area (TPSA) is 38.5 Å². The Morgan fingerprint density at radius 3 is 2.33 bits per heavy atom. The number of ether oxygens (including phenoxy) is 1. The fourth-order valence-corrected chi connectivity index (χ4v) is 3.18. The van der Waals surface area contributed by atoms with Gasteiger partial charge in [0.2, 0.25) is 0 Å². The van der Waals surface area contributed by atoms with Crippen LogP contribution in [0, 0.1) is 0 Å². The third kappa shape index (κ3) is 4.79. The zero-order valence-corrected chi connectivity index (χ0v) is 15.8. The molecule has 0 amide bonds. The lowest BCUT2D eigenvalue weighted by Gasteiger charge is -2.27. The number of fused-ring (bicyclic) bond motifs is 1. The number of nitrogens with zero attached hydrogens (tertiary/aromatic N) is 1. The van der Waals surface area contributed by atoms with Gasteiger partial charge in [-0.1, -0.05) is 24.3 Å². The van der Waals surface area contributed by atoms with Crippen molar-refractivity contribution in [3.8, 4) is 5.75 Å².